The zero-order chi connectivity index (χ0) is 19.6. The summed E-state index contributed by atoms with van der Waals surface area (Å²) in [7, 11) is 0. The third-order valence-electron chi connectivity index (χ3n) is 4.41. The van der Waals surface area contributed by atoms with Crippen molar-refractivity contribution in [3.8, 4) is 5.75 Å². The Morgan fingerprint density at radius 2 is 1.93 bits per heavy atom. The number of aryl methyl sites for hydroxylation is 2. The SMILES string of the molecule is CCOC(=O)c1cc(C)c2nc(C)n(Cc3ccc(OCC)cc3Cl)c2c1. The van der Waals surface area contributed by atoms with Crippen LogP contribution in [0.2, 0.25) is 5.02 Å². The summed E-state index contributed by atoms with van der Waals surface area (Å²) >= 11 is 6.45. The molecule has 1 heterocycles. The van der Waals surface area contributed by atoms with Crippen LogP contribution in [-0.4, -0.2) is 28.7 Å². The van der Waals surface area contributed by atoms with Gasteiger partial charge in [-0.3, -0.25) is 0 Å². The number of rotatable bonds is 6. The predicted octanol–water partition coefficient (Wildman–Crippen LogP) is 4.93. The molecule has 5 nitrogen and oxygen atoms in total. The largest absolute Gasteiger partial charge is 0.494 e. The summed E-state index contributed by atoms with van der Waals surface area (Å²) in [6, 6.07) is 9.35. The number of ether oxygens (including phenoxy) is 2. The summed E-state index contributed by atoms with van der Waals surface area (Å²) in [4.78, 5) is 16.9. The van der Waals surface area contributed by atoms with Crippen molar-refractivity contribution in [1.82, 2.24) is 9.55 Å². The highest BCUT2D eigenvalue weighted by Gasteiger charge is 2.16. The molecule has 0 N–H and O–H groups in total. The zero-order valence-corrected chi connectivity index (χ0v) is 16.8. The molecule has 0 spiro atoms. The minimum atomic E-state index is -0.327. The van der Waals surface area contributed by atoms with Crippen LogP contribution >= 0.6 is 11.6 Å². The van der Waals surface area contributed by atoms with Crippen LogP contribution in [0.25, 0.3) is 11.0 Å². The number of fused-ring (bicyclic) bond motifs is 1. The van der Waals surface area contributed by atoms with E-state index in [4.69, 9.17) is 21.1 Å². The van der Waals surface area contributed by atoms with E-state index in [1.807, 2.05) is 51.1 Å². The predicted molar refractivity (Wildman–Crippen MR) is 107 cm³/mol. The lowest BCUT2D eigenvalue weighted by Crippen LogP contribution is -2.07. The maximum atomic E-state index is 12.2. The molecule has 6 heteroatoms. The van der Waals surface area contributed by atoms with E-state index >= 15 is 0 Å². The van der Waals surface area contributed by atoms with E-state index in [0.717, 1.165) is 33.7 Å². The highest BCUT2D eigenvalue weighted by atomic mass is 35.5. The van der Waals surface area contributed by atoms with Crippen LogP contribution in [0.1, 0.15) is 41.2 Å². The van der Waals surface area contributed by atoms with Crippen molar-refractivity contribution in [2.24, 2.45) is 0 Å². The Hall–Kier alpha value is -2.53. The summed E-state index contributed by atoms with van der Waals surface area (Å²) in [6.45, 7) is 9.13. The molecule has 27 heavy (non-hydrogen) atoms. The van der Waals surface area contributed by atoms with Gasteiger partial charge in [-0.1, -0.05) is 17.7 Å². The Morgan fingerprint density at radius 1 is 1.15 bits per heavy atom. The molecule has 0 aliphatic rings. The molecule has 2 aromatic carbocycles. The van der Waals surface area contributed by atoms with Crippen molar-refractivity contribution >= 4 is 28.6 Å². The first-order valence-corrected chi connectivity index (χ1v) is 9.38. The van der Waals surface area contributed by atoms with Crippen molar-refractivity contribution in [1.29, 1.82) is 0 Å². The van der Waals surface area contributed by atoms with Crippen LogP contribution in [0, 0.1) is 13.8 Å². The van der Waals surface area contributed by atoms with E-state index in [9.17, 15) is 4.79 Å². The maximum Gasteiger partial charge on any atom is 0.338 e. The Labute approximate surface area is 163 Å². The second-order valence-electron chi connectivity index (χ2n) is 6.31. The first-order valence-electron chi connectivity index (χ1n) is 9.00. The second kappa shape index (κ2) is 8.01. The molecule has 0 unspecified atom stereocenters. The van der Waals surface area contributed by atoms with Crippen molar-refractivity contribution in [2.45, 2.75) is 34.2 Å². The molecule has 0 bridgehead atoms. The third-order valence-corrected chi connectivity index (χ3v) is 4.76. The fourth-order valence-electron chi connectivity index (χ4n) is 3.12. The molecule has 0 saturated heterocycles. The number of hydrogen-bond donors (Lipinski definition) is 0. The minimum Gasteiger partial charge on any atom is -0.494 e. The van der Waals surface area contributed by atoms with Gasteiger partial charge in [0.05, 0.1) is 36.4 Å². The first-order chi connectivity index (χ1) is 12.9. The lowest BCUT2D eigenvalue weighted by Gasteiger charge is -2.11. The highest BCUT2D eigenvalue weighted by molar-refractivity contribution is 6.31. The van der Waals surface area contributed by atoms with Gasteiger partial charge in [0.2, 0.25) is 0 Å². The molecular weight excluding hydrogens is 364 g/mol. The van der Waals surface area contributed by atoms with Crippen LogP contribution < -0.4 is 4.74 Å². The van der Waals surface area contributed by atoms with Crippen LogP contribution in [0.15, 0.2) is 30.3 Å². The molecular formula is C21H23ClN2O3. The molecule has 142 valence electrons. The molecule has 3 rings (SSSR count). The van der Waals surface area contributed by atoms with Crippen molar-refractivity contribution in [3.63, 3.8) is 0 Å². The fraction of sp³-hybridized carbons (Fsp3) is 0.333. The van der Waals surface area contributed by atoms with E-state index in [-0.39, 0.29) is 5.97 Å². The molecule has 0 saturated carbocycles. The topological polar surface area (TPSA) is 53.3 Å². The van der Waals surface area contributed by atoms with Crippen LogP contribution in [0.4, 0.5) is 0 Å². The molecule has 0 aliphatic carbocycles. The highest BCUT2D eigenvalue weighted by Crippen LogP contribution is 2.27. The molecule has 0 radical (unpaired) electrons. The minimum absolute atomic E-state index is 0.327. The second-order valence-corrected chi connectivity index (χ2v) is 6.72. The zero-order valence-electron chi connectivity index (χ0n) is 16.0. The molecule has 0 fully saturated rings. The van der Waals surface area contributed by atoms with Gasteiger partial charge in [-0.15, -0.1) is 0 Å². The van der Waals surface area contributed by atoms with E-state index in [1.165, 1.54) is 0 Å². The number of hydrogen-bond acceptors (Lipinski definition) is 4. The van der Waals surface area contributed by atoms with Gasteiger partial charge in [0.1, 0.15) is 11.6 Å². The summed E-state index contributed by atoms with van der Waals surface area (Å²) in [5.74, 6) is 1.28. The van der Waals surface area contributed by atoms with Gasteiger partial charge in [0.15, 0.2) is 0 Å². The summed E-state index contributed by atoms with van der Waals surface area (Å²) in [5.41, 5.74) is 4.20. The lowest BCUT2D eigenvalue weighted by molar-refractivity contribution is 0.0526. The number of nitrogens with zero attached hydrogens (tertiary/aromatic N) is 2. The average Bonchev–Trinajstić information content (AvgIpc) is 2.94. The smallest absolute Gasteiger partial charge is 0.338 e. The Kier molecular flexibility index (Phi) is 5.71. The molecule has 0 amide bonds. The maximum absolute atomic E-state index is 12.2. The first kappa shape index (κ1) is 19.2. The summed E-state index contributed by atoms with van der Waals surface area (Å²) < 4.78 is 12.7. The van der Waals surface area contributed by atoms with Gasteiger partial charge in [0, 0.05) is 5.02 Å². The Morgan fingerprint density at radius 3 is 2.59 bits per heavy atom. The number of benzene rings is 2. The number of imidazole rings is 1. The van der Waals surface area contributed by atoms with Gasteiger partial charge >= 0.3 is 5.97 Å². The van der Waals surface area contributed by atoms with Gasteiger partial charge in [-0.2, -0.15) is 0 Å². The molecule has 0 atom stereocenters. The summed E-state index contributed by atoms with van der Waals surface area (Å²) in [5, 5.41) is 0.639. The number of carbonyl (C=O) groups is 1. The van der Waals surface area contributed by atoms with Gasteiger partial charge < -0.3 is 14.0 Å². The van der Waals surface area contributed by atoms with Gasteiger partial charge in [-0.05, 0) is 63.1 Å². The molecule has 0 aliphatic heterocycles. The van der Waals surface area contributed by atoms with Crippen molar-refractivity contribution in [3.05, 3.63) is 57.9 Å². The monoisotopic (exact) mass is 386 g/mol. The van der Waals surface area contributed by atoms with E-state index in [2.05, 4.69) is 9.55 Å². The normalized spacial score (nSPS) is 11.0. The number of halogens is 1. The number of carbonyl (C=O) groups excluding carboxylic acids is 1. The van der Waals surface area contributed by atoms with E-state index in [0.29, 0.717) is 30.3 Å². The summed E-state index contributed by atoms with van der Waals surface area (Å²) in [6.07, 6.45) is 0. The van der Waals surface area contributed by atoms with E-state index in [1.54, 1.807) is 6.92 Å². The average molecular weight is 387 g/mol. The van der Waals surface area contributed by atoms with Crippen LogP contribution in [0.3, 0.4) is 0 Å². The number of esters is 1. The van der Waals surface area contributed by atoms with Gasteiger partial charge in [-0.25, -0.2) is 9.78 Å². The molecule has 3 aromatic rings. The van der Waals surface area contributed by atoms with E-state index < -0.39 is 0 Å². The molecule has 1 aromatic heterocycles. The quantitative estimate of drug-likeness (QED) is 0.563. The lowest BCUT2D eigenvalue weighted by atomic mass is 10.1. The van der Waals surface area contributed by atoms with Crippen LogP contribution in [-0.2, 0) is 11.3 Å². The van der Waals surface area contributed by atoms with Crippen molar-refractivity contribution < 1.29 is 14.3 Å². The third kappa shape index (κ3) is 3.93. The standard InChI is InChI=1S/C21H23ClN2O3/c1-5-26-17-8-7-15(18(22)11-17)12-24-14(4)23-20-13(3)9-16(10-19(20)24)21(25)27-6-2/h7-11H,5-6,12H2,1-4H3. The van der Waals surface area contributed by atoms with Crippen LogP contribution in [0.5, 0.6) is 5.75 Å². The number of aromatic nitrogens is 2. The fourth-order valence-corrected chi connectivity index (χ4v) is 3.35. The van der Waals surface area contributed by atoms with Crippen molar-refractivity contribution in [2.75, 3.05) is 13.2 Å². The Balaban J connectivity index is 2.03. The Bertz CT molecular complexity index is 995. The van der Waals surface area contributed by atoms with Gasteiger partial charge in [0.25, 0.3) is 0 Å².